The predicted molar refractivity (Wildman–Crippen MR) is 96.9 cm³/mol. The Balaban J connectivity index is 1.95. The van der Waals surface area contributed by atoms with Crippen LogP contribution in [0.2, 0.25) is 0 Å². The fourth-order valence-corrected chi connectivity index (χ4v) is 3.37. The van der Waals surface area contributed by atoms with Crippen LogP contribution in [-0.4, -0.2) is 49.5 Å². The van der Waals surface area contributed by atoms with Crippen molar-refractivity contribution >= 4 is 17.8 Å². The van der Waals surface area contributed by atoms with Crippen molar-refractivity contribution in [3.63, 3.8) is 0 Å². The third-order valence-corrected chi connectivity index (χ3v) is 4.75. The number of benzene rings is 1. The molecule has 1 fully saturated rings. The van der Waals surface area contributed by atoms with E-state index in [1.54, 1.807) is 26.2 Å². The Hall–Kier alpha value is -2.57. The average Bonchev–Trinajstić information content (AvgIpc) is 2.68. The quantitative estimate of drug-likeness (QED) is 0.656. The fraction of sp³-hybridized carbons (Fsp3) is 0.526. The molecule has 140 valence electrons. The number of nitrogens with zero attached hydrogens (tertiary/aromatic N) is 2. The molecule has 1 aromatic carbocycles. The van der Waals surface area contributed by atoms with Crippen molar-refractivity contribution in [3.8, 4) is 5.75 Å². The first-order valence-electron chi connectivity index (χ1n) is 9.08. The molecular formula is C19H25N3O4. The van der Waals surface area contributed by atoms with E-state index in [4.69, 9.17) is 14.5 Å². The molecule has 0 spiro atoms. The van der Waals surface area contributed by atoms with Crippen molar-refractivity contribution < 1.29 is 19.1 Å². The van der Waals surface area contributed by atoms with Gasteiger partial charge in [-0.2, -0.15) is 0 Å². The second-order valence-electron chi connectivity index (χ2n) is 6.44. The molecular weight excluding hydrogens is 334 g/mol. The number of hydrogen-bond donors (Lipinski definition) is 1. The molecule has 0 saturated carbocycles. The maximum absolute atomic E-state index is 12.7. The van der Waals surface area contributed by atoms with Crippen LogP contribution in [0.15, 0.2) is 29.3 Å². The van der Waals surface area contributed by atoms with E-state index in [9.17, 15) is 9.59 Å². The van der Waals surface area contributed by atoms with Crippen molar-refractivity contribution in [2.45, 2.75) is 32.2 Å². The third kappa shape index (κ3) is 3.81. The molecule has 0 radical (unpaired) electrons. The molecule has 1 saturated heterocycles. The van der Waals surface area contributed by atoms with Crippen molar-refractivity contribution in [1.82, 2.24) is 10.2 Å². The predicted octanol–water partition coefficient (Wildman–Crippen LogP) is 1.89. The first-order chi connectivity index (χ1) is 12.6. The minimum absolute atomic E-state index is 0.223. The van der Waals surface area contributed by atoms with Crippen LogP contribution in [0.1, 0.15) is 37.8 Å². The van der Waals surface area contributed by atoms with E-state index in [1.165, 1.54) is 6.42 Å². The van der Waals surface area contributed by atoms with E-state index >= 15 is 0 Å². The molecule has 2 aliphatic heterocycles. The number of piperidine rings is 1. The van der Waals surface area contributed by atoms with E-state index in [0.29, 0.717) is 11.7 Å². The number of esters is 1. The molecule has 0 aromatic heterocycles. The van der Waals surface area contributed by atoms with E-state index in [-0.39, 0.29) is 12.5 Å². The summed E-state index contributed by atoms with van der Waals surface area (Å²) in [6.45, 7) is 3.67. The highest BCUT2D eigenvalue weighted by Gasteiger charge is 2.42. The average molecular weight is 359 g/mol. The number of nitrogens with one attached hydrogen (secondary N) is 1. The van der Waals surface area contributed by atoms with Gasteiger partial charge in [0.2, 0.25) is 11.9 Å². The molecule has 0 bridgehead atoms. The van der Waals surface area contributed by atoms with Crippen LogP contribution in [0.3, 0.4) is 0 Å². The summed E-state index contributed by atoms with van der Waals surface area (Å²) >= 11 is 0. The van der Waals surface area contributed by atoms with Gasteiger partial charge in [-0.1, -0.05) is 12.1 Å². The van der Waals surface area contributed by atoms with Gasteiger partial charge in [0.25, 0.3) is 0 Å². The zero-order chi connectivity index (χ0) is 18.5. The highest BCUT2D eigenvalue weighted by molar-refractivity contribution is 6.08. The Labute approximate surface area is 153 Å². The van der Waals surface area contributed by atoms with Crippen molar-refractivity contribution in [3.05, 3.63) is 29.8 Å². The maximum Gasteiger partial charge on any atom is 0.321 e. The van der Waals surface area contributed by atoms with Gasteiger partial charge in [0, 0.05) is 13.1 Å². The summed E-state index contributed by atoms with van der Waals surface area (Å²) in [5.41, 5.74) is 0.785. The van der Waals surface area contributed by atoms with Gasteiger partial charge in [-0.15, -0.1) is 0 Å². The molecule has 2 aliphatic rings. The molecule has 1 N–H and O–H groups in total. The lowest BCUT2D eigenvalue weighted by molar-refractivity contribution is -0.153. The van der Waals surface area contributed by atoms with Gasteiger partial charge in [-0.05, 0) is 43.9 Å². The van der Waals surface area contributed by atoms with Gasteiger partial charge in [0.1, 0.15) is 11.8 Å². The third-order valence-electron chi connectivity index (χ3n) is 4.75. The number of hydrogen-bond acceptors (Lipinski definition) is 6. The molecule has 2 atom stereocenters. The Bertz CT molecular complexity index is 681. The molecule has 0 unspecified atom stereocenters. The Morgan fingerprint density at radius 1 is 1.23 bits per heavy atom. The second kappa shape index (κ2) is 8.21. The zero-order valence-corrected chi connectivity index (χ0v) is 15.2. The number of methoxy groups -OCH3 is 1. The molecule has 26 heavy (non-hydrogen) atoms. The highest BCUT2D eigenvalue weighted by atomic mass is 16.5. The summed E-state index contributed by atoms with van der Waals surface area (Å²) in [5.74, 6) is -0.637. The second-order valence-corrected chi connectivity index (χ2v) is 6.44. The lowest BCUT2D eigenvalue weighted by atomic mass is 9.91. The van der Waals surface area contributed by atoms with E-state index < -0.39 is 17.9 Å². The Morgan fingerprint density at radius 3 is 2.54 bits per heavy atom. The number of likely N-dealkylation sites (tertiary alicyclic amines) is 1. The lowest BCUT2D eigenvalue weighted by Gasteiger charge is -2.35. The summed E-state index contributed by atoms with van der Waals surface area (Å²) in [6, 6.07) is 6.68. The van der Waals surface area contributed by atoms with Gasteiger partial charge in [0.15, 0.2) is 5.92 Å². The topological polar surface area (TPSA) is 80.2 Å². The number of rotatable bonds is 4. The summed E-state index contributed by atoms with van der Waals surface area (Å²) < 4.78 is 10.3. The highest BCUT2D eigenvalue weighted by Crippen LogP contribution is 2.32. The Kier molecular flexibility index (Phi) is 5.75. The van der Waals surface area contributed by atoms with Crippen LogP contribution in [0.4, 0.5) is 0 Å². The van der Waals surface area contributed by atoms with Crippen LogP contribution in [0, 0.1) is 5.92 Å². The van der Waals surface area contributed by atoms with E-state index in [0.717, 1.165) is 31.5 Å². The molecule has 2 heterocycles. The van der Waals surface area contributed by atoms with Crippen LogP contribution < -0.4 is 10.1 Å². The summed E-state index contributed by atoms with van der Waals surface area (Å²) in [5, 5.41) is 2.81. The molecule has 7 nitrogen and oxygen atoms in total. The van der Waals surface area contributed by atoms with Crippen molar-refractivity contribution in [2.75, 3.05) is 26.8 Å². The van der Waals surface area contributed by atoms with Crippen LogP contribution >= 0.6 is 0 Å². The normalized spacial score (nSPS) is 23.1. The molecule has 7 heteroatoms. The lowest BCUT2D eigenvalue weighted by Crippen LogP contribution is -2.53. The van der Waals surface area contributed by atoms with Crippen LogP contribution in [0.25, 0.3) is 0 Å². The number of carbonyl (C=O) groups excluding carboxylic acids is 2. The first-order valence-corrected chi connectivity index (χ1v) is 9.08. The molecule has 1 amide bonds. The van der Waals surface area contributed by atoms with Gasteiger partial charge in [-0.3, -0.25) is 14.9 Å². The SMILES string of the molecule is CCOC(=O)[C@H]1C(=O)NC(N2CCCCC2)=N[C@H]1c1ccc(OC)cc1. The smallest absolute Gasteiger partial charge is 0.321 e. The van der Waals surface area contributed by atoms with Gasteiger partial charge in [-0.25, -0.2) is 4.99 Å². The molecule has 0 aliphatic carbocycles. The fourth-order valence-electron chi connectivity index (χ4n) is 3.37. The number of ether oxygens (including phenoxy) is 2. The largest absolute Gasteiger partial charge is 0.497 e. The number of carbonyl (C=O) groups is 2. The van der Waals surface area contributed by atoms with E-state index in [2.05, 4.69) is 10.2 Å². The summed E-state index contributed by atoms with van der Waals surface area (Å²) in [4.78, 5) is 32.0. The van der Waals surface area contributed by atoms with Crippen LogP contribution in [-0.2, 0) is 14.3 Å². The number of guanidine groups is 1. The monoisotopic (exact) mass is 359 g/mol. The zero-order valence-electron chi connectivity index (χ0n) is 15.2. The van der Waals surface area contributed by atoms with Crippen molar-refractivity contribution in [1.29, 1.82) is 0 Å². The van der Waals surface area contributed by atoms with Gasteiger partial charge >= 0.3 is 5.97 Å². The summed E-state index contributed by atoms with van der Waals surface area (Å²) in [6.07, 6.45) is 3.33. The molecule has 1 aromatic rings. The minimum atomic E-state index is -0.989. The van der Waals surface area contributed by atoms with E-state index in [1.807, 2.05) is 12.1 Å². The number of amides is 1. The maximum atomic E-state index is 12.7. The summed E-state index contributed by atoms with van der Waals surface area (Å²) in [7, 11) is 1.59. The number of aliphatic imine (C=N–C) groups is 1. The molecule has 3 rings (SSSR count). The van der Waals surface area contributed by atoms with Gasteiger partial charge < -0.3 is 14.4 Å². The van der Waals surface area contributed by atoms with Crippen LogP contribution in [0.5, 0.6) is 5.75 Å². The standard InChI is InChI=1S/C19H25N3O4/c1-3-26-18(24)15-16(13-7-9-14(25-2)10-8-13)20-19(21-17(15)23)22-11-5-4-6-12-22/h7-10,15-16H,3-6,11-12H2,1-2H3,(H,20,21,23)/t15-,16+/m1/s1. The van der Waals surface area contributed by atoms with Gasteiger partial charge in [0.05, 0.1) is 13.7 Å². The first kappa shape index (κ1) is 18.2. The Morgan fingerprint density at radius 2 is 1.92 bits per heavy atom. The minimum Gasteiger partial charge on any atom is -0.497 e. The van der Waals surface area contributed by atoms with Crippen molar-refractivity contribution in [2.24, 2.45) is 10.9 Å².